The maximum atomic E-state index is 9.44. The van der Waals surface area contributed by atoms with Gasteiger partial charge in [-0.25, -0.2) is 15.0 Å². The second-order valence-corrected chi connectivity index (χ2v) is 8.31. The van der Waals surface area contributed by atoms with Crippen molar-refractivity contribution in [2.75, 3.05) is 55.8 Å². The summed E-state index contributed by atoms with van der Waals surface area (Å²) in [5, 5.41) is 10.7. The van der Waals surface area contributed by atoms with E-state index in [2.05, 4.69) is 26.7 Å². The Morgan fingerprint density at radius 2 is 2.04 bits per heavy atom. The highest BCUT2D eigenvalue weighted by molar-refractivity contribution is 7.26. The van der Waals surface area contributed by atoms with Crippen LogP contribution in [0.5, 0.6) is 0 Å². The van der Waals surface area contributed by atoms with E-state index >= 15 is 0 Å². The molecule has 0 radical (unpaired) electrons. The number of hydrogen-bond acceptors (Lipinski definition) is 8. The van der Waals surface area contributed by atoms with Crippen LogP contribution in [0.1, 0.15) is 24.5 Å². The zero-order valence-electron chi connectivity index (χ0n) is 16.1. The highest BCUT2D eigenvalue weighted by Gasteiger charge is 2.27. The maximum absolute atomic E-state index is 9.44. The first-order chi connectivity index (χ1) is 13.8. The number of hydrogen-bond donors (Lipinski definition) is 1. The molecule has 5 rings (SSSR count). The molecule has 1 saturated heterocycles. The minimum Gasteiger partial charge on any atom is -0.395 e. The molecule has 0 atom stereocenters. The molecule has 0 bridgehead atoms. The van der Waals surface area contributed by atoms with E-state index in [1.165, 1.54) is 22.9 Å². The number of aliphatic hydroxyl groups excluding tert-OH is 1. The molecule has 2 aliphatic rings. The largest absolute Gasteiger partial charge is 0.395 e. The molecule has 148 valence electrons. The number of anilines is 2. The van der Waals surface area contributed by atoms with E-state index in [0.717, 1.165) is 72.4 Å². The van der Waals surface area contributed by atoms with E-state index < -0.39 is 0 Å². The standard InChI is InChI=1S/C20H25N5O2S/c1-2-24(6-9-26)19-17-16(21-12-22-19)15-13-4-3-5-14(13)18(23-20(15)28-17)25-7-10-27-11-8-25/h12,26H,2-11H2,1H3. The fourth-order valence-electron chi connectivity index (χ4n) is 4.46. The number of nitrogens with zero attached hydrogens (tertiary/aromatic N) is 5. The second kappa shape index (κ2) is 7.42. The molecule has 0 saturated carbocycles. The summed E-state index contributed by atoms with van der Waals surface area (Å²) in [5.74, 6) is 2.05. The number of aliphatic hydroxyl groups is 1. The van der Waals surface area contributed by atoms with Gasteiger partial charge in [0.15, 0.2) is 0 Å². The van der Waals surface area contributed by atoms with Gasteiger partial charge in [0, 0.05) is 31.6 Å². The molecule has 0 unspecified atom stereocenters. The van der Waals surface area contributed by atoms with Crippen LogP contribution in [-0.4, -0.2) is 66.1 Å². The number of ether oxygens (including phenoxy) is 1. The SMILES string of the molecule is CCN(CCO)c1ncnc2c1sc1nc(N3CCOCC3)c3c(c12)CCC3. The Morgan fingerprint density at radius 3 is 2.82 bits per heavy atom. The van der Waals surface area contributed by atoms with Crippen LogP contribution in [0.4, 0.5) is 11.6 Å². The third-order valence-corrected chi connectivity index (χ3v) is 6.86. The normalized spacial score (nSPS) is 16.9. The molecule has 7 nitrogen and oxygen atoms in total. The average molecular weight is 400 g/mol. The highest BCUT2D eigenvalue weighted by atomic mass is 32.1. The molecule has 3 aromatic heterocycles. The number of fused-ring (bicyclic) bond motifs is 5. The lowest BCUT2D eigenvalue weighted by Gasteiger charge is -2.29. The van der Waals surface area contributed by atoms with Gasteiger partial charge in [0.1, 0.15) is 22.8 Å². The summed E-state index contributed by atoms with van der Waals surface area (Å²) in [6.07, 6.45) is 5.01. The van der Waals surface area contributed by atoms with E-state index in [-0.39, 0.29) is 6.61 Å². The summed E-state index contributed by atoms with van der Waals surface area (Å²) < 4.78 is 6.62. The lowest BCUT2D eigenvalue weighted by Crippen LogP contribution is -2.37. The summed E-state index contributed by atoms with van der Waals surface area (Å²) in [5.41, 5.74) is 3.84. The fraction of sp³-hybridized carbons (Fsp3) is 0.550. The number of rotatable bonds is 5. The van der Waals surface area contributed by atoms with Gasteiger partial charge in [0.2, 0.25) is 0 Å². The molecule has 1 fully saturated rings. The zero-order valence-corrected chi connectivity index (χ0v) is 17.0. The van der Waals surface area contributed by atoms with Gasteiger partial charge in [0.05, 0.1) is 30.0 Å². The minimum absolute atomic E-state index is 0.110. The molecule has 3 aromatic rings. The summed E-state index contributed by atoms with van der Waals surface area (Å²) in [6.45, 7) is 6.91. The molecule has 0 amide bonds. The van der Waals surface area contributed by atoms with Crippen LogP contribution in [0.2, 0.25) is 0 Å². The number of likely N-dealkylation sites (N-methyl/N-ethyl adjacent to an activating group) is 1. The molecule has 0 aromatic carbocycles. The number of aryl methyl sites for hydroxylation is 1. The van der Waals surface area contributed by atoms with E-state index in [0.29, 0.717) is 6.54 Å². The summed E-state index contributed by atoms with van der Waals surface area (Å²) in [7, 11) is 0. The molecule has 1 aliphatic heterocycles. The van der Waals surface area contributed by atoms with Crippen molar-refractivity contribution in [3.05, 3.63) is 17.5 Å². The highest BCUT2D eigenvalue weighted by Crippen LogP contribution is 2.43. The van der Waals surface area contributed by atoms with Gasteiger partial charge < -0.3 is 19.6 Å². The van der Waals surface area contributed by atoms with Crippen molar-refractivity contribution in [2.24, 2.45) is 0 Å². The zero-order chi connectivity index (χ0) is 19.1. The predicted molar refractivity (Wildman–Crippen MR) is 113 cm³/mol. The van der Waals surface area contributed by atoms with Crippen LogP contribution < -0.4 is 9.80 Å². The molecule has 1 N–H and O–H groups in total. The van der Waals surface area contributed by atoms with E-state index in [1.807, 2.05) is 0 Å². The fourth-order valence-corrected chi connectivity index (χ4v) is 5.63. The number of thiophene rings is 1. The molecular weight excluding hydrogens is 374 g/mol. The van der Waals surface area contributed by atoms with Gasteiger partial charge in [-0.3, -0.25) is 0 Å². The van der Waals surface area contributed by atoms with Crippen molar-refractivity contribution in [1.82, 2.24) is 15.0 Å². The van der Waals surface area contributed by atoms with Crippen molar-refractivity contribution < 1.29 is 9.84 Å². The van der Waals surface area contributed by atoms with Gasteiger partial charge in [0.25, 0.3) is 0 Å². The van der Waals surface area contributed by atoms with Crippen molar-refractivity contribution in [3.63, 3.8) is 0 Å². The molecular formula is C20H25N5O2S. The lowest BCUT2D eigenvalue weighted by molar-refractivity contribution is 0.122. The molecule has 1 aliphatic carbocycles. The summed E-state index contributed by atoms with van der Waals surface area (Å²) in [4.78, 5) is 19.9. The van der Waals surface area contributed by atoms with Gasteiger partial charge >= 0.3 is 0 Å². The van der Waals surface area contributed by atoms with Crippen LogP contribution in [0.25, 0.3) is 20.4 Å². The monoisotopic (exact) mass is 399 g/mol. The molecule has 0 spiro atoms. The summed E-state index contributed by atoms with van der Waals surface area (Å²) >= 11 is 1.68. The van der Waals surface area contributed by atoms with Crippen LogP contribution in [0, 0.1) is 0 Å². The third-order valence-electron chi connectivity index (χ3n) is 5.79. The van der Waals surface area contributed by atoms with Gasteiger partial charge in [-0.15, -0.1) is 11.3 Å². The Morgan fingerprint density at radius 1 is 1.21 bits per heavy atom. The first kappa shape index (κ1) is 18.0. The van der Waals surface area contributed by atoms with Crippen molar-refractivity contribution in [1.29, 1.82) is 0 Å². The summed E-state index contributed by atoms with van der Waals surface area (Å²) in [6, 6.07) is 0. The Balaban J connectivity index is 1.73. The topological polar surface area (TPSA) is 74.6 Å². The third kappa shape index (κ3) is 2.82. The molecule has 8 heteroatoms. The number of morpholine rings is 1. The molecule has 4 heterocycles. The Labute approximate surface area is 168 Å². The van der Waals surface area contributed by atoms with E-state index in [4.69, 9.17) is 9.72 Å². The Hall–Kier alpha value is -2.03. The quantitative estimate of drug-likeness (QED) is 0.706. The second-order valence-electron chi connectivity index (χ2n) is 7.31. The van der Waals surface area contributed by atoms with Gasteiger partial charge in [-0.05, 0) is 37.3 Å². The minimum atomic E-state index is 0.110. The van der Waals surface area contributed by atoms with Crippen LogP contribution in [0.15, 0.2) is 6.33 Å². The number of aromatic nitrogens is 3. The van der Waals surface area contributed by atoms with Crippen molar-refractivity contribution in [3.8, 4) is 0 Å². The lowest BCUT2D eigenvalue weighted by atomic mass is 10.1. The average Bonchev–Trinajstić information content (AvgIpc) is 3.36. The first-order valence-electron chi connectivity index (χ1n) is 10.1. The van der Waals surface area contributed by atoms with Gasteiger partial charge in [-0.2, -0.15) is 0 Å². The Bertz CT molecular complexity index is 1010. The van der Waals surface area contributed by atoms with Crippen LogP contribution in [0.3, 0.4) is 0 Å². The first-order valence-corrected chi connectivity index (χ1v) is 10.9. The van der Waals surface area contributed by atoms with Crippen molar-refractivity contribution in [2.45, 2.75) is 26.2 Å². The van der Waals surface area contributed by atoms with E-state index in [9.17, 15) is 5.11 Å². The number of pyridine rings is 1. The van der Waals surface area contributed by atoms with Gasteiger partial charge in [-0.1, -0.05) is 0 Å². The predicted octanol–water partition coefficient (Wildman–Crippen LogP) is 2.38. The van der Waals surface area contributed by atoms with Crippen molar-refractivity contribution >= 4 is 43.4 Å². The smallest absolute Gasteiger partial charge is 0.150 e. The molecule has 28 heavy (non-hydrogen) atoms. The Kier molecular flexibility index (Phi) is 4.78. The van der Waals surface area contributed by atoms with Crippen LogP contribution in [-0.2, 0) is 17.6 Å². The maximum Gasteiger partial charge on any atom is 0.150 e. The van der Waals surface area contributed by atoms with E-state index in [1.54, 1.807) is 17.7 Å². The van der Waals surface area contributed by atoms with Crippen LogP contribution >= 0.6 is 11.3 Å².